The van der Waals surface area contributed by atoms with Gasteiger partial charge in [0.15, 0.2) is 0 Å². The van der Waals surface area contributed by atoms with Crippen LogP contribution in [0.1, 0.15) is 51.9 Å². The van der Waals surface area contributed by atoms with Crippen LogP contribution in [-0.2, 0) is 4.74 Å². The third-order valence-electron chi connectivity index (χ3n) is 4.41. The lowest BCUT2D eigenvalue weighted by molar-refractivity contribution is -0.123. The summed E-state index contributed by atoms with van der Waals surface area (Å²) in [4.78, 5) is 2.32. The van der Waals surface area contributed by atoms with Gasteiger partial charge >= 0.3 is 0 Å². The second-order valence-corrected chi connectivity index (χ2v) is 6.03. The van der Waals surface area contributed by atoms with Crippen LogP contribution in [0.25, 0.3) is 0 Å². The van der Waals surface area contributed by atoms with E-state index in [2.05, 4.69) is 11.9 Å². The molecule has 2 unspecified atom stereocenters. The Labute approximate surface area is 105 Å². The highest BCUT2D eigenvalue weighted by Crippen LogP contribution is 2.39. The van der Waals surface area contributed by atoms with E-state index in [9.17, 15) is 5.11 Å². The highest BCUT2D eigenvalue weighted by molar-refractivity contribution is 4.92. The summed E-state index contributed by atoms with van der Waals surface area (Å²) in [6, 6.07) is 0.594. The predicted octanol–water partition coefficient (Wildman–Crippen LogP) is 2.18. The molecule has 2 rings (SSSR count). The number of hydrogen-bond acceptors (Lipinski definition) is 3. The van der Waals surface area contributed by atoms with Gasteiger partial charge in [-0.05, 0) is 39.7 Å². The quantitative estimate of drug-likeness (QED) is 0.822. The predicted molar refractivity (Wildman–Crippen MR) is 69.1 cm³/mol. The fourth-order valence-corrected chi connectivity index (χ4v) is 3.49. The molecule has 0 bridgehead atoms. The van der Waals surface area contributed by atoms with Gasteiger partial charge in [0.25, 0.3) is 0 Å². The first kappa shape index (κ1) is 13.3. The van der Waals surface area contributed by atoms with Gasteiger partial charge in [-0.3, -0.25) is 0 Å². The molecule has 2 fully saturated rings. The number of hydrogen-bond donors (Lipinski definition) is 1. The summed E-state index contributed by atoms with van der Waals surface area (Å²) in [5.74, 6) is 0. The molecule has 0 aromatic heterocycles. The van der Waals surface area contributed by atoms with Gasteiger partial charge in [0, 0.05) is 19.2 Å². The normalized spacial score (nSPS) is 30.7. The average molecular weight is 241 g/mol. The van der Waals surface area contributed by atoms with Crippen LogP contribution in [-0.4, -0.2) is 48.0 Å². The molecular weight excluding hydrogens is 214 g/mol. The van der Waals surface area contributed by atoms with Crippen LogP contribution in [0.4, 0.5) is 0 Å². The molecule has 2 aliphatic rings. The Hall–Kier alpha value is -0.120. The topological polar surface area (TPSA) is 32.7 Å². The molecule has 100 valence electrons. The number of nitrogens with zero attached hydrogens (tertiary/aromatic N) is 1. The monoisotopic (exact) mass is 241 g/mol. The lowest BCUT2D eigenvalue weighted by atomic mass is 9.78. The Morgan fingerprint density at radius 1 is 1.35 bits per heavy atom. The van der Waals surface area contributed by atoms with Crippen LogP contribution in [0.2, 0.25) is 0 Å². The highest BCUT2D eigenvalue weighted by atomic mass is 16.5. The fraction of sp³-hybridized carbons (Fsp3) is 1.00. The average Bonchev–Trinajstić information content (AvgIpc) is 2.29. The van der Waals surface area contributed by atoms with Crippen LogP contribution in [0.5, 0.6) is 0 Å². The number of rotatable bonds is 3. The number of likely N-dealkylation sites (N-methyl/N-ethyl adjacent to an activating group) is 1. The second-order valence-electron chi connectivity index (χ2n) is 6.03. The smallest absolute Gasteiger partial charge is 0.0697 e. The molecule has 2 atom stereocenters. The van der Waals surface area contributed by atoms with Gasteiger partial charge < -0.3 is 14.7 Å². The Morgan fingerprint density at radius 2 is 2.06 bits per heavy atom. The maximum absolute atomic E-state index is 9.48. The molecule has 1 saturated carbocycles. The van der Waals surface area contributed by atoms with Crippen molar-refractivity contribution in [2.45, 2.75) is 69.6 Å². The molecule has 0 aromatic carbocycles. The molecule has 0 aromatic rings. The van der Waals surface area contributed by atoms with Crippen molar-refractivity contribution in [1.82, 2.24) is 4.90 Å². The minimum absolute atomic E-state index is 0.175. The van der Waals surface area contributed by atoms with Gasteiger partial charge in [-0.15, -0.1) is 0 Å². The standard InChI is InChI=1S/C14H27NO2/c1-12(16)11-15(2)13-6-9-17-14(10-13)7-4-3-5-8-14/h12-13,16H,3-11H2,1-2H3. The van der Waals surface area contributed by atoms with E-state index < -0.39 is 0 Å². The summed E-state index contributed by atoms with van der Waals surface area (Å²) in [5, 5.41) is 9.48. The van der Waals surface area contributed by atoms with Crippen LogP contribution >= 0.6 is 0 Å². The van der Waals surface area contributed by atoms with E-state index in [1.165, 1.54) is 32.1 Å². The first-order valence-corrected chi connectivity index (χ1v) is 7.14. The van der Waals surface area contributed by atoms with Crippen LogP contribution in [0.3, 0.4) is 0 Å². The van der Waals surface area contributed by atoms with Crippen LogP contribution in [0, 0.1) is 0 Å². The molecule has 3 heteroatoms. The van der Waals surface area contributed by atoms with Gasteiger partial charge in [0.05, 0.1) is 11.7 Å². The van der Waals surface area contributed by atoms with Crippen molar-refractivity contribution in [3.05, 3.63) is 0 Å². The maximum atomic E-state index is 9.48. The molecule has 0 amide bonds. The Balaban J connectivity index is 1.91. The third kappa shape index (κ3) is 3.43. The highest BCUT2D eigenvalue weighted by Gasteiger charge is 2.39. The van der Waals surface area contributed by atoms with E-state index in [1.54, 1.807) is 0 Å². The van der Waals surface area contributed by atoms with Gasteiger partial charge in [-0.2, -0.15) is 0 Å². The lowest BCUT2D eigenvalue weighted by Crippen LogP contribution is -2.49. The van der Waals surface area contributed by atoms with E-state index in [0.717, 1.165) is 26.0 Å². The van der Waals surface area contributed by atoms with E-state index in [0.29, 0.717) is 6.04 Å². The molecule has 1 aliphatic carbocycles. The Kier molecular flexibility index (Phi) is 4.45. The number of aliphatic hydroxyl groups excluding tert-OH is 1. The number of ether oxygens (including phenoxy) is 1. The summed E-state index contributed by atoms with van der Waals surface area (Å²) in [7, 11) is 2.14. The minimum atomic E-state index is -0.231. The van der Waals surface area contributed by atoms with Crippen molar-refractivity contribution < 1.29 is 9.84 Å². The first-order valence-electron chi connectivity index (χ1n) is 7.14. The Bertz CT molecular complexity index is 231. The van der Waals surface area contributed by atoms with Crippen molar-refractivity contribution in [2.24, 2.45) is 0 Å². The van der Waals surface area contributed by atoms with E-state index >= 15 is 0 Å². The van der Waals surface area contributed by atoms with Crippen molar-refractivity contribution in [3.8, 4) is 0 Å². The molecule has 1 saturated heterocycles. The third-order valence-corrected chi connectivity index (χ3v) is 4.41. The molecule has 17 heavy (non-hydrogen) atoms. The van der Waals surface area contributed by atoms with Crippen molar-refractivity contribution in [3.63, 3.8) is 0 Å². The summed E-state index contributed by atoms with van der Waals surface area (Å²) >= 11 is 0. The molecule has 3 nitrogen and oxygen atoms in total. The zero-order valence-electron chi connectivity index (χ0n) is 11.3. The molecule has 1 heterocycles. The molecule has 0 radical (unpaired) electrons. The van der Waals surface area contributed by atoms with E-state index in [4.69, 9.17) is 4.74 Å². The van der Waals surface area contributed by atoms with Crippen molar-refractivity contribution in [1.29, 1.82) is 0 Å². The molecular formula is C14H27NO2. The first-order chi connectivity index (χ1) is 8.11. The van der Waals surface area contributed by atoms with Crippen LogP contribution in [0.15, 0.2) is 0 Å². The van der Waals surface area contributed by atoms with Crippen LogP contribution < -0.4 is 0 Å². The lowest BCUT2D eigenvalue weighted by Gasteiger charge is -2.46. The van der Waals surface area contributed by atoms with Gasteiger partial charge in [-0.1, -0.05) is 19.3 Å². The van der Waals surface area contributed by atoms with E-state index in [1.807, 2.05) is 6.92 Å². The summed E-state index contributed by atoms with van der Waals surface area (Å²) in [6.07, 6.45) is 8.56. The summed E-state index contributed by atoms with van der Waals surface area (Å²) in [6.45, 7) is 3.54. The van der Waals surface area contributed by atoms with E-state index in [-0.39, 0.29) is 11.7 Å². The summed E-state index contributed by atoms with van der Waals surface area (Å²) in [5.41, 5.74) is 0.175. The van der Waals surface area contributed by atoms with Gasteiger partial charge in [0.1, 0.15) is 0 Å². The second kappa shape index (κ2) is 5.68. The zero-order chi connectivity index (χ0) is 12.3. The fourth-order valence-electron chi connectivity index (χ4n) is 3.49. The summed E-state index contributed by atoms with van der Waals surface area (Å²) < 4.78 is 6.10. The Morgan fingerprint density at radius 3 is 2.71 bits per heavy atom. The minimum Gasteiger partial charge on any atom is -0.392 e. The molecule has 1 N–H and O–H groups in total. The SMILES string of the molecule is CC(O)CN(C)C1CCOC2(CCCCC2)C1. The van der Waals surface area contributed by atoms with Crippen molar-refractivity contribution >= 4 is 0 Å². The van der Waals surface area contributed by atoms with Gasteiger partial charge in [0.2, 0.25) is 0 Å². The molecule has 1 spiro atoms. The zero-order valence-corrected chi connectivity index (χ0v) is 11.3. The van der Waals surface area contributed by atoms with Crippen molar-refractivity contribution in [2.75, 3.05) is 20.2 Å². The maximum Gasteiger partial charge on any atom is 0.0697 e. The largest absolute Gasteiger partial charge is 0.392 e. The molecule has 1 aliphatic heterocycles. The van der Waals surface area contributed by atoms with Gasteiger partial charge in [-0.25, -0.2) is 0 Å². The number of aliphatic hydroxyl groups is 1.